The molecule has 0 aromatic heterocycles. The molecule has 0 unspecified atom stereocenters. The van der Waals surface area contributed by atoms with Crippen LogP contribution in [0.2, 0.25) is 0 Å². The molecule has 128 valence electrons. The Bertz CT molecular complexity index is 340. The lowest BCUT2D eigenvalue weighted by Gasteiger charge is -2.31. The molecule has 0 aromatic rings. The number of unbranched alkanes of at least 4 members (excludes halogenated alkanes) is 8. The first-order valence-electron chi connectivity index (χ1n) is 9.39. The van der Waals surface area contributed by atoms with E-state index in [9.17, 15) is 9.59 Å². The van der Waals surface area contributed by atoms with Crippen LogP contribution in [-0.2, 0) is 9.59 Å². The molecule has 22 heavy (non-hydrogen) atoms. The molecule has 1 heterocycles. The Kier molecular flexibility index (Phi) is 9.42. The first kappa shape index (κ1) is 19.2. The standard InChI is InChI=1S/C19H35NO2/c1-4-5-6-7-8-9-10-11-12-13-17(21)18-15(2)14-16(3)20-19(18)22/h15-16,18H,4-14H2,1-3H3,(H,20,22)/t15-,16+,18-/m1/s1. The van der Waals surface area contributed by atoms with Crippen LogP contribution in [-0.4, -0.2) is 17.7 Å². The number of rotatable bonds is 11. The summed E-state index contributed by atoms with van der Waals surface area (Å²) in [5.74, 6) is -0.105. The van der Waals surface area contributed by atoms with E-state index in [-0.39, 0.29) is 23.7 Å². The number of carbonyl (C=O) groups excluding carboxylic acids is 2. The van der Waals surface area contributed by atoms with Gasteiger partial charge in [0.15, 0.2) is 0 Å². The van der Waals surface area contributed by atoms with Gasteiger partial charge in [-0.1, -0.05) is 65.2 Å². The molecule has 0 bridgehead atoms. The smallest absolute Gasteiger partial charge is 0.231 e. The van der Waals surface area contributed by atoms with Gasteiger partial charge in [0.05, 0.1) is 5.92 Å². The van der Waals surface area contributed by atoms with Gasteiger partial charge in [-0.25, -0.2) is 0 Å². The molecule has 0 radical (unpaired) electrons. The van der Waals surface area contributed by atoms with E-state index in [1.54, 1.807) is 0 Å². The molecule has 1 amide bonds. The van der Waals surface area contributed by atoms with Crippen molar-refractivity contribution in [1.82, 2.24) is 5.32 Å². The average molecular weight is 309 g/mol. The molecule has 1 fully saturated rings. The van der Waals surface area contributed by atoms with Crippen molar-refractivity contribution in [2.24, 2.45) is 11.8 Å². The first-order chi connectivity index (χ1) is 10.6. The third kappa shape index (κ3) is 6.93. The van der Waals surface area contributed by atoms with Crippen molar-refractivity contribution in [2.75, 3.05) is 0 Å². The molecule has 1 rings (SSSR count). The second kappa shape index (κ2) is 10.8. The van der Waals surface area contributed by atoms with E-state index < -0.39 is 5.92 Å². The lowest BCUT2D eigenvalue weighted by Crippen LogP contribution is -2.49. The number of amides is 1. The molecule has 0 aromatic carbocycles. The zero-order valence-electron chi connectivity index (χ0n) is 14.8. The van der Waals surface area contributed by atoms with Gasteiger partial charge in [0.1, 0.15) is 5.78 Å². The zero-order chi connectivity index (χ0) is 16.4. The quantitative estimate of drug-likeness (QED) is 0.446. The summed E-state index contributed by atoms with van der Waals surface area (Å²) in [5.41, 5.74) is 0. The van der Waals surface area contributed by atoms with Gasteiger partial charge in [-0.3, -0.25) is 9.59 Å². The molecule has 0 spiro atoms. The van der Waals surface area contributed by atoms with Gasteiger partial charge in [-0.2, -0.15) is 0 Å². The van der Waals surface area contributed by atoms with Crippen LogP contribution in [0.1, 0.15) is 91.4 Å². The Hall–Kier alpha value is -0.860. The molecule has 1 saturated heterocycles. The number of piperidine rings is 1. The highest BCUT2D eigenvalue weighted by molar-refractivity contribution is 6.02. The molecule has 0 aliphatic carbocycles. The Morgan fingerprint density at radius 2 is 1.55 bits per heavy atom. The number of hydrogen-bond acceptors (Lipinski definition) is 2. The van der Waals surface area contributed by atoms with Gasteiger partial charge in [-0.05, 0) is 25.7 Å². The second-order valence-corrected chi connectivity index (χ2v) is 7.15. The Labute approximate surface area is 136 Å². The number of ketones is 1. The van der Waals surface area contributed by atoms with Gasteiger partial charge in [0.2, 0.25) is 5.91 Å². The van der Waals surface area contributed by atoms with Crippen molar-refractivity contribution in [3.8, 4) is 0 Å². The van der Waals surface area contributed by atoms with Crippen LogP contribution in [0.3, 0.4) is 0 Å². The summed E-state index contributed by atoms with van der Waals surface area (Å²) < 4.78 is 0. The molecule has 1 aliphatic heterocycles. The molecule has 1 N–H and O–H groups in total. The van der Waals surface area contributed by atoms with Crippen LogP contribution >= 0.6 is 0 Å². The third-order valence-corrected chi connectivity index (χ3v) is 4.84. The Morgan fingerprint density at radius 1 is 1.00 bits per heavy atom. The van der Waals surface area contributed by atoms with Gasteiger partial charge >= 0.3 is 0 Å². The van der Waals surface area contributed by atoms with Crippen molar-refractivity contribution in [1.29, 1.82) is 0 Å². The predicted molar refractivity (Wildman–Crippen MR) is 91.7 cm³/mol. The summed E-state index contributed by atoms with van der Waals surface area (Å²) in [6, 6.07) is 0.208. The largest absolute Gasteiger partial charge is 0.353 e. The number of Topliss-reactive ketones (excluding diaryl/α,β-unsaturated/α-hetero) is 1. The van der Waals surface area contributed by atoms with Crippen LogP contribution in [0.25, 0.3) is 0 Å². The molecule has 0 saturated carbocycles. The van der Waals surface area contributed by atoms with E-state index in [0.717, 1.165) is 19.3 Å². The Balaban J connectivity index is 2.09. The fourth-order valence-electron chi connectivity index (χ4n) is 3.57. The minimum absolute atomic E-state index is 0.0489. The fourth-order valence-corrected chi connectivity index (χ4v) is 3.57. The van der Waals surface area contributed by atoms with Crippen LogP contribution in [0.4, 0.5) is 0 Å². The van der Waals surface area contributed by atoms with Crippen molar-refractivity contribution in [2.45, 2.75) is 97.4 Å². The Morgan fingerprint density at radius 3 is 2.09 bits per heavy atom. The van der Waals surface area contributed by atoms with E-state index in [1.165, 1.54) is 44.9 Å². The molecular formula is C19H35NO2. The number of carbonyl (C=O) groups is 2. The van der Waals surface area contributed by atoms with Crippen LogP contribution in [0.15, 0.2) is 0 Å². The fraction of sp³-hybridized carbons (Fsp3) is 0.895. The van der Waals surface area contributed by atoms with E-state index in [0.29, 0.717) is 6.42 Å². The molecule has 3 heteroatoms. The lowest BCUT2D eigenvalue weighted by molar-refractivity contribution is -0.138. The van der Waals surface area contributed by atoms with Crippen molar-refractivity contribution in [3.05, 3.63) is 0 Å². The van der Waals surface area contributed by atoms with Gasteiger partial charge in [0.25, 0.3) is 0 Å². The normalized spacial score (nSPS) is 25.0. The first-order valence-corrected chi connectivity index (χ1v) is 9.39. The summed E-state index contributed by atoms with van der Waals surface area (Å²) >= 11 is 0. The average Bonchev–Trinajstić information content (AvgIpc) is 2.44. The third-order valence-electron chi connectivity index (χ3n) is 4.84. The highest BCUT2D eigenvalue weighted by Crippen LogP contribution is 2.25. The van der Waals surface area contributed by atoms with Gasteiger partial charge < -0.3 is 5.32 Å². The van der Waals surface area contributed by atoms with Crippen molar-refractivity contribution in [3.63, 3.8) is 0 Å². The lowest BCUT2D eigenvalue weighted by atomic mass is 9.80. The van der Waals surface area contributed by atoms with E-state index in [2.05, 4.69) is 12.2 Å². The minimum atomic E-state index is -0.398. The molecular weight excluding hydrogens is 274 g/mol. The van der Waals surface area contributed by atoms with E-state index in [4.69, 9.17) is 0 Å². The van der Waals surface area contributed by atoms with Crippen LogP contribution in [0, 0.1) is 11.8 Å². The predicted octanol–water partition coefficient (Wildman–Crippen LogP) is 4.64. The number of hydrogen-bond donors (Lipinski definition) is 1. The highest BCUT2D eigenvalue weighted by atomic mass is 16.2. The monoisotopic (exact) mass is 309 g/mol. The second-order valence-electron chi connectivity index (χ2n) is 7.15. The SMILES string of the molecule is CCCCCCCCCCCC(=O)[C@@H]1C(=O)N[C@@H](C)C[C@H]1C. The minimum Gasteiger partial charge on any atom is -0.353 e. The molecule has 1 aliphatic rings. The number of nitrogens with one attached hydrogen (secondary N) is 1. The van der Waals surface area contributed by atoms with Crippen LogP contribution < -0.4 is 5.32 Å². The van der Waals surface area contributed by atoms with E-state index >= 15 is 0 Å². The zero-order valence-corrected chi connectivity index (χ0v) is 14.8. The highest BCUT2D eigenvalue weighted by Gasteiger charge is 2.36. The van der Waals surface area contributed by atoms with Gasteiger partial charge in [0, 0.05) is 12.5 Å². The summed E-state index contributed by atoms with van der Waals surface area (Å²) in [6.07, 6.45) is 12.8. The summed E-state index contributed by atoms with van der Waals surface area (Å²) in [4.78, 5) is 24.3. The van der Waals surface area contributed by atoms with Gasteiger partial charge in [-0.15, -0.1) is 0 Å². The maximum Gasteiger partial charge on any atom is 0.231 e. The molecule has 3 atom stereocenters. The molecule has 3 nitrogen and oxygen atoms in total. The topological polar surface area (TPSA) is 46.2 Å². The van der Waals surface area contributed by atoms with Crippen molar-refractivity contribution >= 4 is 11.7 Å². The van der Waals surface area contributed by atoms with E-state index in [1.807, 2.05) is 13.8 Å². The maximum absolute atomic E-state index is 12.3. The summed E-state index contributed by atoms with van der Waals surface area (Å²) in [5, 5.41) is 2.92. The van der Waals surface area contributed by atoms with Crippen molar-refractivity contribution < 1.29 is 9.59 Å². The summed E-state index contributed by atoms with van der Waals surface area (Å²) in [6.45, 7) is 6.29. The maximum atomic E-state index is 12.3. The van der Waals surface area contributed by atoms with Crippen LogP contribution in [0.5, 0.6) is 0 Å². The summed E-state index contributed by atoms with van der Waals surface area (Å²) in [7, 11) is 0.